The molecule has 2 fully saturated rings. The average molecular weight is 348 g/mol. The minimum atomic E-state index is -3.33. The van der Waals surface area contributed by atoms with Crippen molar-refractivity contribution in [3.8, 4) is 0 Å². The van der Waals surface area contributed by atoms with Crippen LogP contribution in [0, 0.1) is 0 Å². The fraction of sp³-hybridized carbons (Fsp3) is 0.500. The number of nitrogens with zero attached hydrogens (tertiary/aromatic N) is 3. The largest absolute Gasteiger partial charge is 0.342 e. The van der Waals surface area contributed by atoms with Gasteiger partial charge in [0.15, 0.2) is 0 Å². The molecule has 1 atom stereocenters. The number of fused-ring (bicyclic) bond motifs is 1. The van der Waals surface area contributed by atoms with Gasteiger partial charge >= 0.3 is 0 Å². The van der Waals surface area contributed by atoms with E-state index in [2.05, 4.69) is 9.97 Å². The molecule has 7 nitrogen and oxygen atoms in total. The molecular formula is C16H20N4O3S. The second-order valence-corrected chi connectivity index (χ2v) is 8.55. The van der Waals surface area contributed by atoms with E-state index in [1.807, 2.05) is 24.3 Å². The first-order valence-electron chi connectivity index (χ1n) is 8.14. The molecule has 2 aromatic rings. The molecule has 1 amide bonds. The van der Waals surface area contributed by atoms with Crippen LogP contribution in [0.3, 0.4) is 0 Å². The van der Waals surface area contributed by atoms with Crippen molar-refractivity contribution in [1.29, 1.82) is 0 Å². The van der Waals surface area contributed by atoms with Gasteiger partial charge in [-0.1, -0.05) is 12.1 Å². The Kier molecular flexibility index (Phi) is 3.61. The molecule has 24 heavy (non-hydrogen) atoms. The van der Waals surface area contributed by atoms with E-state index >= 15 is 0 Å². The highest BCUT2D eigenvalue weighted by Crippen LogP contribution is 2.30. The van der Waals surface area contributed by atoms with Crippen LogP contribution >= 0.6 is 0 Å². The number of likely N-dealkylation sites (tertiary alicyclic amines) is 1. The lowest BCUT2D eigenvalue weighted by molar-refractivity contribution is -0.139. The van der Waals surface area contributed by atoms with Crippen LogP contribution in [0.15, 0.2) is 24.3 Å². The Morgan fingerprint density at radius 2 is 2.04 bits per heavy atom. The molecule has 2 aliphatic heterocycles. The topological polar surface area (TPSA) is 86.4 Å². The Labute approximate surface area is 140 Å². The van der Waals surface area contributed by atoms with Crippen LogP contribution < -0.4 is 0 Å². The van der Waals surface area contributed by atoms with Gasteiger partial charge in [0.1, 0.15) is 11.9 Å². The lowest BCUT2D eigenvalue weighted by atomic mass is 9.98. The SMILES string of the molecule is CS(=O)(=O)N1CCC[C@H]1C(=O)N1CC(c2nc3ccccc3[nH]2)C1. The molecule has 0 unspecified atom stereocenters. The average Bonchev–Trinajstić information content (AvgIpc) is 3.11. The molecule has 0 aliphatic carbocycles. The van der Waals surface area contributed by atoms with E-state index in [9.17, 15) is 13.2 Å². The second kappa shape index (κ2) is 5.56. The molecule has 128 valence electrons. The lowest BCUT2D eigenvalue weighted by Crippen LogP contribution is -2.55. The monoisotopic (exact) mass is 348 g/mol. The van der Waals surface area contributed by atoms with E-state index in [4.69, 9.17) is 0 Å². The Morgan fingerprint density at radius 1 is 1.29 bits per heavy atom. The van der Waals surface area contributed by atoms with E-state index in [-0.39, 0.29) is 11.8 Å². The van der Waals surface area contributed by atoms with Gasteiger partial charge in [0, 0.05) is 19.6 Å². The molecule has 0 spiro atoms. The van der Waals surface area contributed by atoms with Crippen LogP contribution in [0.25, 0.3) is 11.0 Å². The van der Waals surface area contributed by atoms with Gasteiger partial charge in [-0.2, -0.15) is 4.31 Å². The van der Waals surface area contributed by atoms with Crippen molar-refractivity contribution >= 4 is 27.0 Å². The zero-order chi connectivity index (χ0) is 16.9. The Balaban J connectivity index is 1.44. The summed E-state index contributed by atoms with van der Waals surface area (Å²) < 4.78 is 24.9. The van der Waals surface area contributed by atoms with Crippen molar-refractivity contribution < 1.29 is 13.2 Å². The first-order valence-corrected chi connectivity index (χ1v) is 9.98. The van der Waals surface area contributed by atoms with Gasteiger partial charge < -0.3 is 9.88 Å². The molecule has 0 bridgehead atoms. The summed E-state index contributed by atoms with van der Waals surface area (Å²) in [4.78, 5) is 22.2. The Bertz CT molecular complexity index is 853. The molecule has 0 saturated carbocycles. The van der Waals surface area contributed by atoms with Gasteiger partial charge in [-0.25, -0.2) is 13.4 Å². The third-order valence-electron chi connectivity index (χ3n) is 4.90. The van der Waals surface area contributed by atoms with Crippen molar-refractivity contribution in [3.05, 3.63) is 30.1 Å². The summed E-state index contributed by atoms with van der Waals surface area (Å²) in [6, 6.07) is 7.32. The van der Waals surface area contributed by atoms with E-state index in [0.717, 1.165) is 23.3 Å². The Hall–Kier alpha value is -1.93. The summed E-state index contributed by atoms with van der Waals surface area (Å²) in [6.45, 7) is 1.62. The molecule has 1 aromatic heterocycles. The zero-order valence-corrected chi connectivity index (χ0v) is 14.3. The van der Waals surface area contributed by atoms with Gasteiger partial charge in [0.25, 0.3) is 0 Å². The number of H-pyrrole nitrogens is 1. The van der Waals surface area contributed by atoms with E-state index in [0.29, 0.717) is 26.1 Å². The second-order valence-electron chi connectivity index (χ2n) is 6.61. The molecule has 3 heterocycles. The van der Waals surface area contributed by atoms with Crippen molar-refractivity contribution in [3.63, 3.8) is 0 Å². The minimum Gasteiger partial charge on any atom is -0.342 e. The van der Waals surface area contributed by atoms with E-state index < -0.39 is 16.1 Å². The maximum absolute atomic E-state index is 12.6. The van der Waals surface area contributed by atoms with Crippen LogP contribution in [0.5, 0.6) is 0 Å². The van der Waals surface area contributed by atoms with Crippen molar-refractivity contribution in [2.24, 2.45) is 0 Å². The lowest BCUT2D eigenvalue weighted by Gasteiger charge is -2.40. The number of aromatic amines is 1. The number of aromatic nitrogens is 2. The maximum Gasteiger partial charge on any atom is 0.241 e. The van der Waals surface area contributed by atoms with Crippen LogP contribution in [-0.2, 0) is 14.8 Å². The summed E-state index contributed by atoms with van der Waals surface area (Å²) in [5.74, 6) is 1.01. The highest BCUT2D eigenvalue weighted by Gasteiger charge is 2.42. The third-order valence-corrected chi connectivity index (χ3v) is 6.19. The summed E-state index contributed by atoms with van der Waals surface area (Å²) >= 11 is 0. The maximum atomic E-state index is 12.6. The molecule has 1 N–H and O–H groups in total. The van der Waals surface area contributed by atoms with Crippen LogP contribution in [0.2, 0.25) is 0 Å². The number of hydrogen-bond donors (Lipinski definition) is 1. The molecule has 2 saturated heterocycles. The highest BCUT2D eigenvalue weighted by molar-refractivity contribution is 7.88. The predicted molar refractivity (Wildman–Crippen MR) is 90.0 cm³/mol. The smallest absolute Gasteiger partial charge is 0.241 e. The predicted octanol–water partition coefficient (Wildman–Crippen LogP) is 0.913. The number of benzene rings is 1. The van der Waals surface area contributed by atoms with Crippen LogP contribution in [-0.4, -0.2) is 65.4 Å². The molecule has 1 aromatic carbocycles. The summed E-state index contributed by atoms with van der Waals surface area (Å²) in [7, 11) is -3.33. The molecule has 4 rings (SSSR count). The van der Waals surface area contributed by atoms with Gasteiger partial charge in [-0.15, -0.1) is 0 Å². The number of amides is 1. The van der Waals surface area contributed by atoms with E-state index in [1.54, 1.807) is 4.90 Å². The number of nitrogens with one attached hydrogen (secondary N) is 1. The van der Waals surface area contributed by atoms with Crippen molar-refractivity contribution in [1.82, 2.24) is 19.2 Å². The van der Waals surface area contributed by atoms with Crippen LogP contribution in [0.1, 0.15) is 24.6 Å². The normalized spacial score (nSPS) is 22.9. The van der Waals surface area contributed by atoms with Crippen molar-refractivity contribution in [2.75, 3.05) is 25.9 Å². The summed E-state index contributed by atoms with van der Waals surface area (Å²) in [5.41, 5.74) is 1.92. The highest BCUT2D eigenvalue weighted by atomic mass is 32.2. The third kappa shape index (κ3) is 2.59. The van der Waals surface area contributed by atoms with Gasteiger partial charge in [-0.3, -0.25) is 4.79 Å². The quantitative estimate of drug-likeness (QED) is 0.893. The van der Waals surface area contributed by atoms with Crippen molar-refractivity contribution in [2.45, 2.75) is 24.8 Å². The molecular weight excluding hydrogens is 328 g/mol. The number of rotatable bonds is 3. The fourth-order valence-electron chi connectivity index (χ4n) is 3.59. The zero-order valence-electron chi connectivity index (χ0n) is 13.5. The number of carbonyl (C=O) groups excluding carboxylic acids is 1. The number of imidazole rings is 1. The molecule has 8 heteroatoms. The number of hydrogen-bond acceptors (Lipinski definition) is 4. The standard InChI is InChI=1S/C16H20N4O3S/c1-24(22,23)20-8-4-7-14(20)16(21)19-9-11(10-19)15-17-12-5-2-3-6-13(12)18-15/h2-3,5-6,11,14H,4,7-10H2,1H3,(H,17,18)/t14-/m0/s1. The first-order chi connectivity index (χ1) is 11.4. The first kappa shape index (κ1) is 15.6. The molecule has 2 aliphatic rings. The van der Waals surface area contributed by atoms with Gasteiger partial charge in [-0.05, 0) is 25.0 Å². The molecule has 0 radical (unpaired) electrons. The summed E-state index contributed by atoms with van der Waals surface area (Å²) in [6.07, 6.45) is 2.52. The van der Waals surface area contributed by atoms with Gasteiger partial charge in [0.05, 0.1) is 23.2 Å². The van der Waals surface area contributed by atoms with Crippen LogP contribution in [0.4, 0.5) is 0 Å². The van der Waals surface area contributed by atoms with Gasteiger partial charge in [0.2, 0.25) is 15.9 Å². The number of carbonyl (C=O) groups is 1. The Morgan fingerprint density at radius 3 is 2.75 bits per heavy atom. The minimum absolute atomic E-state index is 0.0784. The number of para-hydroxylation sites is 2. The fourth-order valence-corrected chi connectivity index (χ4v) is 4.71. The van der Waals surface area contributed by atoms with E-state index in [1.165, 1.54) is 10.6 Å². The summed E-state index contributed by atoms with van der Waals surface area (Å²) in [5, 5.41) is 0. The number of sulfonamides is 1.